The SMILES string of the molecule is CNCc1ccc(-c2ccc(CN3CC(c4ccc(F)cc4)OC3=O)cc2)cc1. The van der Waals surface area contributed by atoms with Gasteiger partial charge < -0.3 is 10.1 Å². The number of rotatable bonds is 6. The number of nitrogens with zero attached hydrogens (tertiary/aromatic N) is 1. The molecule has 0 radical (unpaired) electrons. The molecule has 1 heterocycles. The smallest absolute Gasteiger partial charge is 0.410 e. The van der Waals surface area contributed by atoms with Crippen LogP contribution in [0.25, 0.3) is 11.1 Å². The largest absolute Gasteiger partial charge is 0.439 e. The fraction of sp³-hybridized carbons (Fsp3) is 0.208. The van der Waals surface area contributed by atoms with Crippen molar-refractivity contribution in [1.29, 1.82) is 0 Å². The lowest BCUT2D eigenvalue weighted by Crippen LogP contribution is -2.23. The highest BCUT2D eigenvalue weighted by Gasteiger charge is 2.32. The molecular formula is C24H23FN2O2. The van der Waals surface area contributed by atoms with Gasteiger partial charge in [0.1, 0.15) is 11.9 Å². The van der Waals surface area contributed by atoms with Crippen LogP contribution in [-0.4, -0.2) is 24.6 Å². The summed E-state index contributed by atoms with van der Waals surface area (Å²) in [6.07, 6.45) is -0.706. The number of cyclic esters (lactones) is 1. The summed E-state index contributed by atoms with van der Waals surface area (Å²) < 4.78 is 18.6. The van der Waals surface area contributed by atoms with Gasteiger partial charge in [0.2, 0.25) is 0 Å². The summed E-state index contributed by atoms with van der Waals surface area (Å²) in [5, 5.41) is 3.15. The molecule has 0 aromatic heterocycles. The van der Waals surface area contributed by atoms with Gasteiger partial charge in [-0.2, -0.15) is 0 Å². The maximum atomic E-state index is 13.1. The molecule has 0 saturated carbocycles. The number of ether oxygens (including phenoxy) is 1. The minimum absolute atomic E-state index is 0.299. The highest BCUT2D eigenvalue weighted by Crippen LogP contribution is 2.28. The van der Waals surface area contributed by atoms with Crippen molar-refractivity contribution in [1.82, 2.24) is 10.2 Å². The Labute approximate surface area is 169 Å². The van der Waals surface area contributed by atoms with Crippen molar-refractivity contribution in [3.63, 3.8) is 0 Å². The van der Waals surface area contributed by atoms with Crippen LogP contribution < -0.4 is 5.32 Å². The second kappa shape index (κ2) is 8.45. The van der Waals surface area contributed by atoms with Crippen molar-refractivity contribution in [2.24, 2.45) is 0 Å². The van der Waals surface area contributed by atoms with Gasteiger partial charge in [0.15, 0.2) is 0 Å². The molecule has 1 unspecified atom stereocenters. The quantitative estimate of drug-likeness (QED) is 0.651. The van der Waals surface area contributed by atoms with Crippen LogP contribution >= 0.6 is 0 Å². The Morgan fingerprint density at radius 1 is 0.931 bits per heavy atom. The van der Waals surface area contributed by atoms with Gasteiger partial charge in [-0.15, -0.1) is 0 Å². The van der Waals surface area contributed by atoms with Gasteiger partial charge in [-0.3, -0.25) is 4.90 Å². The summed E-state index contributed by atoms with van der Waals surface area (Å²) in [5.41, 5.74) is 5.39. The Morgan fingerprint density at radius 2 is 1.52 bits per heavy atom. The number of amides is 1. The van der Waals surface area contributed by atoms with Crippen LogP contribution in [0.15, 0.2) is 72.8 Å². The van der Waals surface area contributed by atoms with Crippen molar-refractivity contribution in [2.45, 2.75) is 19.2 Å². The lowest BCUT2D eigenvalue weighted by Gasteiger charge is -2.13. The van der Waals surface area contributed by atoms with E-state index in [1.54, 1.807) is 17.0 Å². The molecule has 1 aliphatic heterocycles. The molecule has 0 spiro atoms. The van der Waals surface area contributed by atoms with Crippen LogP contribution in [0.2, 0.25) is 0 Å². The van der Waals surface area contributed by atoms with Crippen LogP contribution in [0.1, 0.15) is 22.8 Å². The summed E-state index contributed by atoms with van der Waals surface area (Å²) in [5.74, 6) is -0.299. The molecule has 3 aromatic rings. The highest BCUT2D eigenvalue weighted by atomic mass is 19.1. The molecular weight excluding hydrogens is 367 g/mol. The first-order valence-electron chi connectivity index (χ1n) is 9.66. The number of halogens is 1. The van der Waals surface area contributed by atoms with Crippen molar-refractivity contribution in [2.75, 3.05) is 13.6 Å². The molecule has 29 heavy (non-hydrogen) atoms. The highest BCUT2D eigenvalue weighted by molar-refractivity contribution is 5.70. The first kappa shape index (κ1) is 19.2. The first-order valence-corrected chi connectivity index (χ1v) is 9.66. The molecule has 1 saturated heterocycles. The predicted octanol–water partition coefficient (Wildman–Crippen LogP) is 4.91. The van der Waals surface area contributed by atoms with E-state index in [1.807, 2.05) is 19.2 Å². The van der Waals surface area contributed by atoms with E-state index in [1.165, 1.54) is 17.7 Å². The summed E-state index contributed by atoms with van der Waals surface area (Å²) >= 11 is 0. The van der Waals surface area contributed by atoms with E-state index in [9.17, 15) is 9.18 Å². The molecule has 4 rings (SSSR count). The third kappa shape index (κ3) is 4.46. The minimum Gasteiger partial charge on any atom is -0.439 e. The molecule has 1 N–H and O–H groups in total. The Hall–Kier alpha value is -3.18. The standard InChI is InChI=1S/C24H23FN2O2/c1-26-14-17-2-6-19(7-3-17)20-8-4-18(5-9-20)15-27-16-23(29-24(27)28)21-10-12-22(25)13-11-21/h2-13,23,26H,14-16H2,1H3. The molecule has 1 amide bonds. The summed E-state index contributed by atoms with van der Waals surface area (Å²) in [7, 11) is 1.94. The van der Waals surface area contributed by atoms with Gasteiger partial charge in [-0.05, 0) is 47.0 Å². The summed E-state index contributed by atoms with van der Waals surface area (Å²) in [6.45, 7) is 1.79. The molecule has 1 atom stereocenters. The lowest BCUT2D eigenvalue weighted by atomic mass is 10.0. The monoisotopic (exact) mass is 390 g/mol. The fourth-order valence-corrected chi connectivity index (χ4v) is 3.53. The van der Waals surface area contributed by atoms with E-state index >= 15 is 0 Å². The minimum atomic E-state index is -0.363. The number of hydrogen-bond donors (Lipinski definition) is 1. The number of carbonyl (C=O) groups is 1. The Bertz CT molecular complexity index is 969. The van der Waals surface area contributed by atoms with Crippen LogP contribution in [-0.2, 0) is 17.8 Å². The van der Waals surface area contributed by atoms with Crippen LogP contribution in [0.4, 0.5) is 9.18 Å². The zero-order valence-corrected chi connectivity index (χ0v) is 16.3. The van der Waals surface area contributed by atoms with Gasteiger partial charge in [0.25, 0.3) is 0 Å². The average molecular weight is 390 g/mol. The number of carbonyl (C=O) groups excluding carboxylic acids is 1. The number of hydrogen-bond acceptors (Lipinski definition) is 3. The summed E-state index contributed by atoms with van der Waals surface area (Å²) in [4.78, 5) is 13.9. The molecule has 0 aliphatic carbocycles. The third-order valence-corrected chi connectivity index (χ3v) is 5.12. The van der Waals surface area contributed by atoms with Crippen LogP contribution in [0.3, 0.4) is 0 Å². The molecule has 1 fully saturated rings. The normalized spacial score (nSPS) is 16.1. The number of nitrogens with one attached hydrogen (secondary N) is 1. The van der Waals surface area contributed by atoms with Crippen LogP contribution in [0, 0.1) is 5.82 Å². The van der Waals surface area contributed by atoms with Crippen LogP contribution in [0.5, 0.6) is 0 Å². The van der Waals surface area contributed by atoms with Crippen molar-refractivity contribution < 1.29 is 13.9 Å². The molecule has 3 aromatic carbocycles. The van der Waals surface area contributed by atoms with E-state index in [2.05, 4.69) is 41.7 Å². The maximum absolute atomic E-state index is 13.1. The van der Waals surface area contributed by atoms with Gasteiger partial charge in [0, 0.05) is 13.1 Å². The van der Waals surface area contributed by atoms with Gasteiger partial charge >= 0.3 is 6.09 Å². The maximum Gasteiger partial charge on any atom is 0.410 e. The lowest BCUT2D eigenvalue weighted by molar-refractivity contribution is 0.132. The van der Waals surface area contributed by atoms with E-state index in [4.69, 9.17) is 4.74 Å². The van der Waals surface area contributed by atoms with E-state index in [0.29, 0.717) is 13.1 Å². The Balaban J connectivity index is 1.40. The zero-order valence-electron chi connectivity index (χ0n) is 16.3. The van der Waals surface area contributed by atoms with E-state index in [-0.39, 0.29) is 18.0 Å². The van der Waals surface area contributed by atoms with Gasteiger partial charge in [-0.1, -0.05) is 60.7 Å². The molecule has 1 aliphatic rings. The van der Waals surface area contributed by atoms with Gasteiger partial charge in [0.05, 0.1) is 6.54 Å². The van der Waals surface area contributed by atoms with Crippen molar-refractivity contribution in [3.8, 4) is 11.1 Å². The van der Waals surface area contributed by atoms with Crippen molar-refractivity contribution >= 4 is 6.09 Å². The molecule has 5 heteroatoms. The Kier molecular flexibility index (Phi) is 5.58. The fourth-order valence-electron chi connectivity index (χ4n) is 3.53. The summed E-state index contributed by atoms with van der Waals surface area (Å²) in [6, 6.07) is 22.8. The zero-order chi connectivity index (χ0) is 20.2. The third-order valence-electron chi connectivity index (χ3n) is 5.12. The van der Waals surface area contributed by atoms with Crippen molar-refractivity contribution in [3.05, 3.63) is 95.3 Å². The van der Waals surface area contributed by atoms with E-state index in [0.717, 1.165) is 28.8 Å². The number of benzene rings is 3. The molecule has 4 nitrogen and oxygen atoms in total. The average Bonchev–Trinajstić information content (AvgIpc) is 3.10. The second-order valence-corrected chi connectivity index (χ2v) is 7.23. The van der Waals surface area contributed by atoms with E-state index < -0.39 is 0 Å². The predicted molar refractivity (Wildman–Crippen MR) is 111 cm³/mol. The topological polar surface area (TPSA) is 41.6 Å². The molecule has 148 valence electrons. The van der Waals surface area contributed by atoms with Gasteiger partial charge in [-0.25, -0.2) is 9.18 Å². The second-order valence-electron chi connectivity index (χ2n) is 7.23. The first-order chi connectivity index (χ1) is 14.1. The molecule has 0 bridgehead atoms. The Morgan fingerprint density at radius 3 is 2.10 bits per heavy atom.